The van der Waals surface area contributed by atoms with Gasteiger partial charge in [0.15, 0.2) is 0 Å². The van der Waals surface area contributed by atoms with E-state index < -0.39 is 0 Å². The molecular formula is C10H19BrN2O2. The zero-order valence-corrected chi connectivity index (χ0v) is 10.4. The van der Waals surface area contributed by atoms with Gasteiger partial charge in [-0.25, -0.2) is 0 Å². The molecule has 4 nitrogen and oxygen atoms in total. The van der Waals surface area contributed by atoms with Gasteiger partial charge in [0.2, 0.25) is 5.91 Å². The number of piperidine rings is 1. The van der Waals surface area contributed by atoms with Crippen LogP contribution in [-0.4, -0.2) is 47.0 Å². The minimum atomic E-state index is -0.294. The molecule has 0 bridgehead atoms. The monoisotopic (exact) mass is 278 g/mol. The molecule has 1 unspecified atom stereocenters. The summed E-state index contributed by atoms with van der Waals surface area (Å²) in [5.41, 5.74) is 5.16. The van der Waals surface area contributed by atoms with Crippen molar-refractivity contribution in [3.05, 3.63) is 0 Å². The van der Waals surface area contributed by atoms with E-state index in [4.69, 9.17) is 5.73 Å². The van der Waals surface area contributed by atoms with Crippen LogP contribution in [0.4, 0.5) is 0 Å². The number of nitrogens with two attached hydrogens (primary N) is 1. The summed E-state index contributed by atoms with van der Waals surface area (Å²) < 4.78 is 0. The molecule has 1 aliphatic heterocycles. The molecule has 1 saturated heterocycles. The number of β-amino-alcohol motifs (C(OH)–C–C–N with tert-alkyl or cyclic N) is 1. The molecule has 1 fully saturated rings. The van der Waals surface area contributed by atoms with E-state index in [-0.39, 0.29) is 12.0 Å². The quantitative estimate of drug-likeness (QED) is 0.713. The predicted octanol–water partition coefficient (Wildman–Crippen LogP) is 0.330. The number of likely N-dealkylation sites (tertiary alicyclic amines) is 1. The molecule has 1 amide bonds. The van der Waals surface area contributed by atoms with E-state index in [1.54, 1.807) is 0 Å². The minimum Gasteiger partial charge on any atom is -0.391 e. The summed E-state index contributed by atoms with van der Waals surface area (Å²) in [6.07, 6.45) is 2.24. The van der Waals surface area contributed by atoms with Crippen LogP contribution in [0.15, 0.2) is 0 Å². The number of carbonyl (C=O) groups excluding carboxylic acids is 1. The predicted molar refractivity (Wildman–Crippen MR) is 62.8 cm³/mol. The number of nitrogens with zero attached hydrogens (tertiary/aromatic N) is 1. The van der Waals surface area contributed by atoms with Crippen LogP contribution >= 0.6 is 15.9 Å². The molecule has 3 N–H and O–H groups in total. The second-order valence-electron chi connectivity index (χ2n) is 4.22. The van der Waals surface area contributed by atoms with Gasteiger partial charge in [-0.1, -0.05) is 15.9 Å². The third kappa shape index (κ3) is 4.95. The van der Waals surface area contributed by atoms with Crippen molar-refractivity contribution in [1.82, 2.24) is 4.90 Å². The Hall–Kier alpha value is -0.130. The van der Waals surface area contributed by atoms with Crippen molar-refractivity contribution in [3.63, 3.8) is 0 Å². The van der Waals surface area contributed by atoms with Crippen molar-refractivity contribution in [3.8, 4) is 0 Å². The van der Waals surface area contributed by atoms with Gasteiger partial charge < -0.3 is 15.7 Å². The van der Waals surface area contributed by atoms with Crippen molar-refractivity contribution >= 4 is 21.8 Å². The Balaban J connectivity index is 2.20. The van der Waals surface area contributed by atoms with Crippen LogP contribution in [0.5, 0.6) is 0 Å². The van der Waals surface area contributed by atoms with Gasteiger partial charge >= 0.3 is 0 Å². The summed E-state index contributed by atoms with van der Waals surface area (Å²) in [5, 5.41) is 10.1. The van der Waals surface area contributed by atoms with Crippen LogP contribution in [0.3, 0.4) is 0 Å². The highest BCUT2D eigenvalue weighted by Gasteiger charge is 2.21. The third-order valence-corrected chi connectivity index (χ3v) is 3.59. The van der Waals surface area contributed by atoms with Gasteiger partial charge in [-0.15, -0.1) is 0 Å². The average molecular weight is 279 g/mol. The molecule has 0 aromatic carbocycles. The van der Waals surface area contributed by atoms with Crippen LogP contribution in [0.2, 0.25) is 0 Å². The first-order valence-corrected chi connectivity index (χ1v) is 6.48. The molecule has 0 aromatic rings. The zero-order chi connectivity index (χ0) is 11.3. The molecule has 1 aliphatic rings. The smallest absolute Gasteiger partial charge is 0.217 e. The Labute approximate surface area is 98.9 Å². The molecule has 1 rings (SSSR count). The molecule has 1 atom stereocenters. The van der Waals surface area contributed by atoms with Gasteiger partial charge in [0, 0.05) is 18.3 Å². The first-order valence-electron chi connectivity index (χ1n) is 5.36. The highest BCUT2D eigenvalue weighted by molar-refractivity contribution is 9.09. The van der Waals surface area contributed by atoms with Gasteiger partial charge in [0.05, 0.1) is 6.10 Å². The summed E-state index contributed by atoms with van der Waals surface area (Å²) in [4.78, 5) is 13.0. The lowest BCUT2D eigenvalue weighted by atomic mass is 9.93. The van der Waals surface area contributed by atoms with E-state index in [0.29, 0.717) is 24.2 Å². The van der Waals surface area contributed by atoms with Crippen LogP contribution in [0.1, 0.15) is 19.3 Å². The maximum Gasteiger partial charge on any atom is 0.217 e. The van der Waals surface area contributed by atoms with Gasteiger partial charge in [-0.05, 0) is 31.8 Å². The summed E-state index contributed by atoms with van der Waals surface area (Å²) in [7, 11) is 0. The van der Waals surface area contributed by atoms with Crippen molar-refractivity contribution in [1.29, 1.82) is 0 Å². The molecule has 0 aliphatic carbocycles. The Morgan fingerprint density at radius 2 is 2.13 bits per heavy atom. The number of halogens is 1. The van der Waals surface area contributed by atoms with Gasteiger partial charge in [-0.3, -0.25) is 4.79 Å². The maximum absolute atomic E-state index is 10.7. The SMILES string of the molecule is NC(=O)CC1CCN(CC(O)CBr)CC1. The largest absolute Gasteiger partial charge is 0.391 e. The number of aliphatic hydroxyl groups is 1. The molecule has 88 valence electrons. The van der Waals surface area contributed by atoms with Crippen LogP contribution in [0.25, 0.3) is 0 Å². The molecule has 0 saturated carbocycles. The summed E-state index contributed by atoms with van der Waals surface area (Å²) in [6, 6.07) is 0. The van der Waals surface area contributed by atoms with E-state index in [2.05, 4.69) is 20.8 Å². The number of primary amides is 1. The van der Waals surface area contributed by atoms with Gasteiger partial charge in [-0.2, -0.15) is 0 Å². The normalized spacial score (nSPS) is 21.5. The second kappa shape index (κ2) is 6.45. The molecule has 0 spiro atoms. The standard InChI is InChI=1S/C10H19BrN2O2/c11-6-9(14)7-13-3-1-8(2-4-13)5-10(12)15/h8-9,14H,1-7H2,(H2,12,15). The number of hydrogen-bond donors (Lipinski definition) is 2. The molecule has 15 heavy (non-hydrogen) atoms. The lowest BCUT2D eigenvalue weighted by Gasteiger charge is -2.32. The lowest BCUT2D eigenvalue weighted by molar-refractivity contribution is -0.119. The van der Waals surface area contributed by atoms with E-state index in [1.165, 1.54) is 0 Å². The Bertz CT molecular complexity index is 206. The Morgan fingerprint density at radius 3 is 2.60 bits per heavy atom. The van der Waals surface area contributed by atoms with Crippen molar-refractivity contribution < 1.29 is 9.90 Å². The maximum atomic E-state index is 10.7. The minimum absolute atomic E-state index is 0.200. The number of aliphatic hydroxyl groups excluding tert-OH is 1. The number of alkyl halides is 1. The molecule has 1 heterocycles. The Kier molecular flexibility index (Phi) is 5.56. The first kappa shape index (κ1) is 12.9. The van der Waals surface area contributed by atoms with Crippen LogP contribution in [-0.2, 0) is 4.79 Å². The van der Waals surface area contributed by atoms with Gasteiger partial charge in [0.25, 0.3) is 0 Å². The molecule has 0 radical (unpaired) electrons. The van der Waals surface area contributed by atoms with Gasteiger partial charge in [0.1, 0.15) is 0 Å². The lowest BCUT2D eigenvalue weighted by Crippen LogP contribution is -2.40. The number of hydrogen-bond acceptors (Lipinski definition) is 3. The summed E-state index contributed by atoms with van der Waals surface area (Å²) in [6.45, 7) is 2.64. The van der Waals surface area contributed by atoms with E-state index in [1.807, 2.05) is 0 Å². The number of rotatable bonds is 5. The second-order valence-corrected chi connectivity index (χ2v) is 4.87. The van der Waals surface area contributed by atoms with Crippen LogP contribution < -0.4 is 5.73 Å². The fraction of sp³-hybridized carbons (Fsp3) is 0.900. The summed E-state index contributed by atoms with van der Waals surface area (Å²) >= 11 is 3.25. The van der Waals surface area contributed by atoms with E-state index >= 15 is 0 Å². The topological polar surface area (TPSA) is 66.6 Å². The Morgan fingerprint density at radius 1 is 1.53 bits per heavy atom. The highest BCUT2D eigenvalue weighted by atomic mass is 79.9. The zero-order valence-electron chi connectivity index (χ0n) is 8.86. The molecule has 0 aromatic heterocycles. The molecular weight excluding hydrogens is 260 g/mol. The fourth-order valence-corrected chi connectivity index (χ4v) is 2.21. The number of carbonyl (C=O) groups is 1. The van der Waals surface area contributed by atoms with Crippen molar-refractivity contribution in [2.24, 2.45) is 11.7 Å². The van der Waals surface area contributed by atoms with E-state index in [9.17, 15) is 9.90 Å². The van der Waals surface area contributed by atoms with E-state index in [0.717, 1.165) is 25.9 Å². The number of amides is 1. The molecule has 5 heteroatoms. The van der Waals surface area contributed by atoms with Crippen molar-refractivity contribution in [2.75, 3.05) is 25.0 Å². The third-order valence-electron chi connectivity index (χ3n) is 2.84. The fourth-order valence-electron chi connectivity index (χ4n) is 2.00. The van der Waals surface area contributed by atoms with Crippen molar-refractivity contribution in [2.45, 2.75) is 25.4 Å². The average Bonchev–Trinajstić information content (AvgIpc) is 2.20. The van der Waals surface area contributed by atoms with Crippen LogP contribution in [0, 0.1) is 5.92 Å². The highest BCUT2D eigenvalue weighted by Crippen LogP contribution is 2.20. The summed E-state index contributed by atoms with van der Waals surface area (Å²) in [5.74, 6) is 0.244. The first-order chi connectivity index (χ1) is 7.11.